The van der Waals surface area contributed by atoms with Crippen LogP contribution in [0, 0.1) is 11.3 Å². The van der Waals surface area contributed by atoms with E-state index in [4.69, 9.17) is 0 Å². The lowest BCUT2D eigenvalue weighted by Crippen LogP contribution is -2.27. The van der Waals surface area contributed by atoms with Gasteiger partial charge in [0.05, 0.1) is 12.2 Å². The Kier molecular flexibility index (Phi) is 5.35. The zero-order valence-corrected chi connectivity index (χ0v) is 16.3. The Hall–Kier alpha value is -1.27. The molecule has 1 aliphatic heterocycles. The maximum Gasteiger partial charge on any atom is 0.170 e. The van der Waals surface area contributed by atoms with Gasteiger partial charge < -0.3 is 0 Å². The van der Waals surface area contributed by atoms with E-state index in [0.717, 1.165) is 41.5 Å². The lowest BCUT2D eigenvalue weighted by Gasteiger charge is -2.29. The monoisotopic (exact) mass is 391 g/mol. The number of halogens is 1. The van der Waals surface area contributed by atoms with Gasteiger partial charge in [0, 0.05) is 4.47 Å². The minimum Gasteiger partial charge on any atom is -0.296 e. The van der Waals surface area contributed by atoms with Crippen LogP contribution in [0.1, 0.15) is 45.9 Å². The predicted molar refractivity (Wildman–Crippen MR) is 98.9 cm³/mol. The Bertz CT molecular complexity index is 676. The van der Waals surface area contributed by atoms with Gasteiger partial charge in [-0.05, 0) is 82.2 Å². The second-order valence-electron chi connectivity index (χ2n) is 7.73. The summed E-state index contributed by atoms with van der Waals surface area (Å²) in [6.07, 6.45) is 3.81. The highest BCUT2D eigenvalue weighted by Gasteiger charge is 2.27. The van der Waals surface area contributed by atoms with Crippen molar-refractivity contribution in [1.82, 2.24) is 25.1 Å². The van der Waals surface area contributed by atoms with E-state index in [-0.39, 0.29) is 0 Å². The maximum absolute atomic E-state index is 4.27. The van der Waals surface area contributed by atoms with Crippen molar-refractivity contribution in [3.05, 3.63) is 34.6 Å². The van der Waals surface area contributed by atoms with Crippen molar-refractivity contribution in [2.24, 2.45) is 11.3 Å². The molecule has 1 aromatic carbocycles. The summed E-state index contributed by atoms with van der Waals surface area (Å²) in [4.78, 5) is 2.49. The van der Waals surface area contributed by atoms with E-state index in [2.05, 4.69) is 57.1 Å². The van der Waals surface area contributed by atoms with Gasteiger partial charge in [0.1, 0.15) is 0 Å². The molecule has 130 valence electrons. The molecule has 0 saturated carbocycles. The summed E-state index contributed by atoms with van der Waals surface area (Å²) in [6, 6.07) is 8.05. The Morgan fingerprint density at radius 2 is 1.96 bits per heavy atom. The van der Waals surface area contributed by atoms with Gasteiger partial charge in [0.25, 0.3) is 0 Å². The number of nitrogens with zero attached hydrogens (tertiary/aromatic N) is 5. The van der Waals surface area contributed by atoms with Crippen molar-refractivity contribution in [3.8, 4) is 5.69 Å². The molecule has 1 atom stereocenters. The molecule has 1 fully saturated rings. The highest BCUT2D eigenvalue weighted by Crippen LogP contribution is 2.34. The molecule has 0 spiro atoms. The summed E-state index contributed by atoms with van der Waals surface area (Å²) in [7, 11) is 0. The first-order chi connectivity index (χ1) is 11.4. The summed E-state index contributed by atoms with van der Waals surface area (Å²) < 4.78 is 2.85. The highest BCUT2D eigenvalue weighted by atomic mass is 79.9. The lowest BCUT2D eigenvalue weighted by atomic mass is 9.77. The minimum absolute atomic E-state index is 0.395. The Labute approximate surface area is 152 Å². The molecule has 3 rings (SSSR count). The standard InChI is InChI=1S/C18H26BrN5/c1-18(2,3)14-7-6-11-23(12-10-14)13-17-20-21-22-24(17)16-9-5-4-8-15(16)19/h4-5,8-9,14H,6-7,10-13H2,1-3H3. The summed E-state index contributed by atoms with van der Waals surface area (Å²) >= 11 is 3.59. The molecule has 1 unspecified atom stereocenters. The van der Waals surface area contributed by atoms with Gasteiger partial charge in [-0.3, -0.25) is 4.90 Å². The van der Waals surface area contributed by atoms with E-state index in [1.54, 1.807) is 0 Å². The van der Waals surface area contributed by atoms with Gasteiger partial charge in [-0.2, -0.15) is 4.68 Å². The first-order valence-corrected chi connectivity index (χ1v) is 9.49. The van der Waals surface area contributed by atoms with Gasteiger partial charge in [-0.1, -0.05) is 32.9 Å². The van der Waals surface area contributed by atoms with Gasteiger partial charge in [0.15, 0.2) is 5.82 Å². The minimum atomic E-state index is 0.395. The van der Waals surface area contributed by atoms with Crippen LogP contribution in [0.3, 0.4) is 0 Å². The van der Waals surface area contributed by atoms with Crippen LogP contribution in [0.25, 0.3) is 5.69 Å². The van der Waals surface area contributed by atoms with E-state index in [0.29, 0.717) is 5.41 Å². The molecular weight excluding hydrogens is 366 g/mol. The number of para-hydroxylation sites is 1. The fraction of sp³-hybridized carbons (Fsp3) is 0.611. The highest BCUT2D eigenvalue weighted by molar-refractivity contribution is 9.10. The summed E-state index contributed by atoms with van der Waals surface area (Å²) in [5.74, 6) is 1.69. The topological polar surface area (TPSA) is 46.8 Å². The molecule has 0 radical (unpaired) electrons. The maximum atomic E-state index is 4.27. The fourth-order valence-electron chi connectivity index (χ4n) is 3.49. The normalized spacial score (nSPS) is 20.1. The zero-order valence-electron chi connectivity index (χ0n) is 14.7. The van der Waals surface area contributed by atoms with Crippen LogP contribution in [-0.4, -0.2) is 38.2 Å². The number of aromatic nitrogens is 4. The summed E-state index contributed by atoms with van der Waals surface area (Å²) in [5.41, 5.74) is 1.38. The van der Waals surface area contributed by atoms with Crippen molar-refractivity contribution in [1.29, 1.82) is 0 Å². The molecule has 24 heavy (non-hydrogen) atoms. The molecule has 1 saturated heterocycles. The number of hydrogen-bond donors (Lipinski definition) is 0. The zero-order chi connectivity index (χ0) is 17.2. The average molecular weight is 392 g/mol. The summed E-state index contributed by atoms with van der Waals surface area (Å²) in [6.45, 7) is 10.1. The van der Waals surface area contributed by atoms with Crippen LogP contribution in [0.15, 0.2) is 28.7 Å². The first kappa shape index (κ1) is 17.5. The van der Waals surface area contributed by atoms with Gasteiger partial charge >= 0.3 is 0 Å². The van der Waals surface area contributed by atoms with Crippen molar-refractivity contribution in [3.63, 3.8) is 0 Å². The number of rotatable bonds is 3. The predicted octanol–water partition coefficient (Wildman–Crippen LogP) is 4.07. The third kappa shape index (κ3) is 4.03. The van der Waals surface area contributed by atoms with Crippen LogP contribution >= 0.6 is 15.9 Å². The van der Waals surface area contributed by atoms with Crippen LogP contribution in [0.2, 0.25) is 0 Å². The third-order valence-corrected chi connectivity index (χ3v) is 5.70. The molecule has 1 aromatic heterocycles. The van der Waals surface area contributed by atoms with Crippen molar-refractivity contribution >= 4 is 15.9 Å². The lowest BCUT2D eigenvalue weighted by molar-refractivity contribution is 0.205. The Morgan fingerprint density at radius 1 is 1.17 bits per heavy atom. The van der Waals surface area contributed by atoms with Crippen LogP contribution < -0.4 is 0 Å². The van der Waals surface area contributed by atoms with E-state index in [1.165, 1.54) is 19.3 Å². The number of benzene rings is 1. The second kappa shape index (κ2) is 7.31. The molecular formula is C18H26BrN5. The quantitative estimate of drug-likeness (QED) is 0.790. The van der Waals surface area contributed by atoms with E-state index >= 15 is 0 Å². The summed E-state index contributed by atoms with van der Waals surface area (Å²) in [5, 5.41) is 12.4. The average Bonchev–Trinajstić information content (AvgIpc) is 2.83. The van der Waals surface area contributed by atoms with Crippen molar-refractivity contribution in [2.75, 3.05) is 13.1 Å². The van der Waals surface area contributed by atoms with Crippen molar-refractivity contribution < 1.29 is 0 Å². The van der Waals surface area contributed by atoms with Gasteiger partial charge in [-0.25, -0.2) is 0 Å². The molecule has 2 aromatic rings. The first-order valence-electron chi connectivity index (χ1n) is 8.69. The fourth-order valence-corrected chi connectivity index (χ4v) is 3.95. The van der Waals surface area contributed by atoms with E-state index in [9.17, 15) is 0 Å². The molecule has 1 aliphatic rings. The SMILES string of the molecule is CC(C)(C)C1CCCN(Cc2nnnn2-c2ccccc2Br)CC1. The van der Waals surface area contributed by atoms with Gasteiger partial charge in [0.2, 0.25) is 0 Å². The third-order valence-electron chi connectivity index (χ3n) is 5.03. The molecule has 0 N–H and O–H groups in total. The van der Waals surface area contributed by atoms with E-state index in [1.807, 2.05) is 28.9 Å². The molecule has 0 aliphatic carbocycles. The molecule has 6 heteroatoms. The Balaban J connectivity index is 1.72. The Morgan fingerprint density at radius 3 is 2.71 bits per heavy atom. The number of tetrazole rings is 1. The van der Waals surface area contributed by atoms with Crippen LogP contribution in [-0.2, 0) is 6.54 Å². The van der Waals surface area contributed by atoms with Crippen LogP contribution in [0.5, 0.6) is 0 Å². The van der Waals surface area contributed by atoms with Crippen molar-refractivity contribution in [2.45, 2.75) is 46.6 Å². The second-order valence-corrected chi connectivity index (χ2v) is 8.58. The molecule has 0 bridgehead atoms. The van der Waals surface area contributed by atoms with Gasteiger partial charge in [-0.15, -0.1) is 5.10 Å². The largest absolute Gasteiger partial charge is 0.296 e. The molecule has 2 heterocycles. The smallest absolute Gasteiger partial charge is 0.170 e. The van der Waals surface area contributed by atoms with Crippen LogP contribution in [0.4, 0.5) is 0 Å². The number of likely N-dealkylation sites (tertiary alicyclic amines) is 1. The molecule has 5 nitrogen and oxygen atoms in total. The molecule has 0 amide bonds. The van der Waals surface area contributed by atoms with E-state index < -0.39 is 0 Å². The number of hydrogen-bond acceptors (Lipinski definition) is 4.